The van der Waals surface area contributed by atoms with Crippen molar-refractivity contribution < 1.29 is 4.74 Å². The summed E-state index contributed by atoms with van der Waals surface area (Å²) in [6.07, 6.45) is 5.66. The molecule has 0 radical (unpaired) electrons. The third kappa shape index (κ3) is 2.50. The first-order chi connectivity index (χ1) is 10.8. The molecule has 22 heavy (non-hydrogen) atoms. The normalized spacial score (nSPS) is 26.6. The Labute approximate surface area is 131 Å². The van der Waals surface area contributed by atoms with Gasteiger partial charge in [-0.2, -0.15) is 0 Å². The van der Waals surface area contributed by atoms with E-state index in [1.807, 2.05) is 18.3 Å². The molecular weight excluding hydrogens is 272 g/mol. The third-order valence-electron chi connectivity index (χ3n) is 4.89. The maximum atomic E-state index is 6.03. The molecule has 1 fully saturated rings. The van der Waals surface area contributed by atoms with Gasteiger partial charge in [0.2, 0.25) is 0 Å². The van der Waals surface area contributed by atoms with Gasteiger partial charge in [-0.05, 0) is 43.4 Å². The minimum atomic E-state index is 0.394. The molecule has 3 heteroatoms. The second-order valence-corrected chi connectivity index (χ2v) is 6.49. The quantitative estimate of drug-likeness (QED) is 0.862. The van der Waals surface area contributed by atoms with Gasteiger partial charge in [-0.25, -0.2) is 4.98 Å². The molecule has 2 heterocycles. The van der Waals surface area contributed by atoms with Crippen LogP contribution < -0.4 is 4.90 Å². The number of hydrogen-bond donors (Lipinski definition) is 0. The second kappa shape index (κ2) is 5.73. The SMILES string of the molecule is CC1Cc2cccnc2N1C1CC(OCc2ccccc2)C1. The summed E-state index contributed by atoms with van der Waals surface area (Å²) in [6.45, 7) is 3.03. The van der Waals surface area contributed by atoms with E-state index in [1.54, 1.807) is 0 Å². The third-order valence-corrected chi connectivity index (χ3v) is 4.89. The molecule has 2 aliphatic rings. The Morgan fingerprint density at radius 1 is 1.14 bits per heavy atom. The van der Waals surface area contributed by atoms with E-state index in [-0.39, 0.29) is 0 Å². The van der Waals surface area contributed by atoms with Crippen molar-refractivity contribution in [2.45, 2.75) is 51.0 Å². The molecule has 1 saturated carbocycles. The molecule has 0 N–H and O–H groups in total. The molecule has 0 spiro atoms. The number of nitrogens with zero attached hydrogens (tertiary/aromatic N) is 2. The van der Waals surface area contributed by atoms with Crippen molar-refractivity contribution in [2.24, 2.45) is 0 Å². The smallest absolute Gasteiger partial charge is 0.132 e. The van der Waals surface area contributed by atoms with Gasteiger partial charge in [0.1, 0.15) is 5.82 Å². The van der Waals surface area contributed by atoms with E-state index in [2.05, 4.69) is 47.1 Å². The van der Waals surface area contributed by atoms with Crippen LogP contribution in [0.4, 0.5) is 5.82 Å². The average Bonchev–Trinajstić information content (AvgIpc) is 2.83. The first-order valence-corrected chi connectivity index (χ1v) is 8.19. The standard InChI is InChI=1S/C19H22N2O/c1-14-10-16-8-5-9-20-19(16)21(14)17-11-18(12-17)22-13-15-6-3-2-4-7-15/h2-9,14,17-18H,10-13H2,1H3. The Morgan fingerprint density at radius 2 is 1.95 bits per heavy atom. The highest BCUT2D eigenvalue weighted by Gasteiger charge is 2.40. The van der Waals surface area contributed by atoms with Crippen molar-refractivity contribution in [3.05, 3.63) is 59.8 Å². The molecule has 4 rings (SSSR count). The minimum absolute atomic E-state index is 0.394. The molecular formula is C19H22N2O. The zero-order valence-electron chi connectivity index (χ0n) is 13.0. The number of hydrogen-bond acceptors (Lipinski definition) is 3. The maximum absolute atomic E-state index is 6.03. The van der Waals surface area contributed by atoms with Crippen LogP contribution in [0.15, 0.2) is 48.7 Å². The number of benzene rings is 1. The summed E-state index contributed by atoms with van der Waals surface area (Å²) in [6, 6.07) is 15.8. The van der Waals surface area contributed by atoms with Crippen LogP contribution in [0, 0.1) is 0 Å². The van der Waals surface area contributed by atoms with Gasteiger partial charge in [0.15, 0.2) is 0 Å². The largest absolute Gasteiger partial charge is 0.373 e. The lowest BCUT2D eigenvalue weighted by Crippen LogP contribution is -2.50. The van der Waals surface area contributed by atoms with E-state index in [4.69, 9.17) is 4.74 Å². The summed E-state index contributed by atoms with van der Waals surface area (Å²) in [5, 5.41) is 0. The van der Waals surface area contributed by atoms with Gasteiger partial charge >= 0.3 is 0 Å². The van der Waals surface area contributed by atoms with Crippen molar-refractivity contribution in [3.63, 3.8) is 0 Å². The van der Waals surface area contributed by atoms with E-state index in [0.717, 1.165) is 25.9 Å². The fraction of sp³-hybridized carbons (Fsp3) is 0.421. The van der Waals surface area contributed by atoms with Crippen LogP contribution in [0.25, 0.3) is 0 Å². The molecule has 1 aliphatic heterocycles. The van der Waals surface area contributed by atoms with Gasteiger partial charge in [-0.15, -0.1) is 0 Å². The van der Waals surface area contributed by atoms with Crippen LogP contribution in [-0.2, 0) is 17.8 Å². The molecule has 0 amide bonds. The molecule has 1 aliphatic carbocycles. The van der Waals surface area contributed by atoms with E-state index in [1.165, 1.54) is 16.9 Å². The Kier molecular flexibility index (Phi) is 3.59. The van der Waals surface area contributed by atoms with Crippen LogP contribution in [0.1, 0.15) is 30.9 Å². The Morgan fingerprint density at radius 3 is 2.77 bits per heavy atom. The highest BCUT2D eigenvalue weighted by Crippen LogP contribution is 2.38. The molecule has 3 nitrogen and oxygen atoms in total. The van der Waals surface area contributed by atoms with Crippen molar-refractivity contribution in [1.29, 1.82) is 0 Å². The number of aromatic nitrogens is 1. The predicted octanol–water partition coefficient (Wildman–Crippen LogP) is 3.58. The van der Waals surface area contributed by atoms with Gasteiger partial charge in [-0.3, -0.25) is 0 Å². The molecule has 1 aromatic carbocycles. The van der Waals surface area contributed by atoms with E-state index in [9.17, 15) is 0 Å². The Balaban J connectivity index is 1.34. The van der Waals surface area contributed by atoms with Crippen molar-refractivity contribution in [3.8, 4) is 0 Å². The fourth-order valence-corrected chi connectivity index (χ4v) is 3.67. The zero-order valence-corrected chi connectivity index (χ0v) is 13.0. The number of pyridine rings is 1. The zero-order chi connectivity index (χ0) is 14.9. The van der Waals surface area contributed by atoms with Gasteiger partial charge in [0.25, 0.3) is 0 Å². The van der Waals surface area contributed by atoms with Crippen molar-refractivity contribution >= 4 is 5.82 Å². The number of ether oxygens (including phenoxy) is 1. The van der Waals surface area contributed by atoms with Crippen molar-refractivity contribution in [2.75, 3.05) is 4.90 Å². The average molecular weight is 294 g/mol. The van der Waals surface area contributed by atoms with Gasteiger partial charge in [0.05, 0.1) is 12.7 Å². The highest BCUT2D eigenvalue weighted by molar-refractivity contribution is 5.54. The van der Waals surface area contributed by atoms with Crippen LogP contribution in [0.5, 0.6) is 0 Å². The first-order valence-electron chi connectivity index (χ1n) is 8.19. The minimum Gasteiger partial charge on any atom is -0.373 e. The van der Waals surface area contributed by atoms with Crippen LogP contribution in [0.3, 0.4) is 0 Å². The van der Waals surface area contributed by atoms with Crippen LogP contribution >= 0.6 is 0 Å². The van der Waals surface area contributed by atoms with Crippen molar-refractivity contribution in [1.82, 2.24) is 4.98 Å². The summed E-state index contributed by atoms with van der Waals surface area (Å²) in [5.74, 6) is 1.20. The summed E-state index contributed by atoms with van der Waals surface area (Å²) in [7, 11) is 0. The summed E-state index contributed by atoms with van der Waals surface area (Å²) in [5.41, 5.74) is 2.65. The van der Waals surface area contributed by atoms with Gasteiger partial charge in [-0.1, -0.05) is 36.4 Å². The van der Waals surface area contributed by atoms with Gasteiger partial charge in [0, 0.05) is 18.3 Å². The van der Waals surface area contributed by atoms with Gasteiger partial charge < -0.3 is 9.64 Å². The summed E-state index contributed by atoms with van der Waals surface area (Å²) < 4.78 is 6.03. The molecule has 0 bridgehead atoms. The number of fused-ring (bicyclic) bond motifs is 1. The fourth-order valence-electron chi connectivity index (χ4n) is 3.67. The van der Waals surface area contributed by atoms with E-state index >= 15 is 0 Å². The van der Waals surface area contributed by atoms with E-state index in [0.29, 0.717) is 18.2 Å². The maximum Gasteiger partial charge on any atom is 0.132 e. The summed E-state index contributed by atoms with van der Waals surface area (Å²) in [4.78, 5) is 7.11. The monoisotopic (exact) mass is 294 g/mol. The lowest BCUT2D eigenvalue weighted by Gasteiger charge is -2.43. The van der Waals surface area contributed by atoms with Crippen LogP contribution in [0.2, 0.25) is 0 Å². The predicted molar refractivity (Wildman–Crippen MR) is 87.9 cm³/mol. The lowest BCUT2D eigenvalue weighted by molar-refractivity contribution is -0.0214. The molecule has 114 valence electrons. The van der Waals surface area contributed by atoms with E-state index < -0.39 is 0 Å². The van der Waals surface area contributed by atoms with Crippen LogP contribution in [-0.4, -0.2) is 23.2 Å². The number of rotatable bonds is 4. The summed E-state index contributed by atoms with van der Waals surface area (Å²) >= 11 is 0. The molecule has 1 unspecified atom stereocenters. The Bertz CT molecular complexity index is 637. The first kappa shape index (κ1) is 13.8. The lowest BCUT2D eigenvalue weighted by atomic mass is 9.87. The highest BCUT2D eigenvalue weighted by atomic mass is 16.5. The Hall–Kier alpha value is -1.87. The topological polar surface area (TPSA) is 25.4 Å². The molecule has 1 atom stereocenters. The molecule has 0 saturated heterocycles. The number of anilines is 1. The molecule has 1 aromatic heterocycles. The molecule has 2 aromatic rings. The second-order valence-electron chi connectivity index (χ2n) is 6.49.